The summed E-state index contributed by atoms with van der Waals surface area (Å²) in [5, 5.41) is 3.37. The van der Waals surface area contributed by atoms with Gasteiger partial charge in [-0.05, 0) is 24.8 Å². The van der Waals surface area contributed by atoms with Crippen molar-refractivity contribution in [2.75, 3.05) is 5.32 Å². The van der Waals surface area contributed by atoms with Gasteiger partial charge in [0.05, 0.1) is 10.6 Å². The highest BCUT2D eigenvalue weighted by Crippen LogP contribution is 2.30. The van der Waals surface area contributed by atoms with Crippen LogP contribution in [0.2, 0.25) is 0 Å². The average molecular weight is 342 g/mol. The van der Waals surface area contributed by atoms with Gasteiger partial charge in [-0.25, -0.2) is 15.8 Å². The third-order valence-electron chi connectivity index (χ3n) is 4.42. The smallest absolute Gasteiger partial charge is 0.244 e. The SMILES string of the molecule is O=C1CCCc2nc(NC(=O)C3CC(c4ccccc4)NN3)sc21. The van der Waals surface area contributed by atoms with Crippen molar-refractivity contribution < 1.29 is 9.59 Å². The van der Waals surface area contributed by atoms with Crippen LogP contribution in [0.4, 0.5) is 5.13 Å². The first-order valence-corrected chi connectivity index (χ1v) is 8.92. The van der Waals surface area contributed by atoms with Crippen molar-refractivity contribution >= 4 is 28.2 Å². The van der Waals surface area contributed by atoms with E-state index in [4.69, 9.17) is 0 Å². The van der Waals surface area contributed by atoms with Gasteiger partial charge >= 0.3 is 0 Å². The number of Topliss-reactive ketones (excluding diaryl/α,β-unsaturated/α-hetero) is 1. The number of benzene rings is 1. The summed E-state index contributed by atoms with van der Waals surface area (Å²) >= 11 is 1.29. The third kappa shape index (κ3) is 2.98. The van der Waals surface area contributed by atoms with Gasteiger partial charge in [0.2, 0.25) is 5.91 Å². The molecule has 2 heterocycles. The van der Waals surface area contributed by atoms with Gasteiger partial charge in [0.25, 0.3) is 0 Å². The molecule has 0 spiro atoms. The van der Waals surface area contributed by atoms with Crippen LogP contribution in [0.1, 0.15) is 46.2 Å². The lowest BCUT2D eigenvalue weighted by molar-refractivity contribution is -0.117. The minimum Gasteiger partial charge on any atom is -0.301 e. The van der Waals surface area contributed by atoms with E-state index in [1.807, 2.05) is 30.3 Å². The van der Waals surface area contributed by atoms with Gasteiger partial charge in [0, 0.05) is 12.5 Å². The Labute approximate surface area is 143 Å². The first kappa shape index (κ1) is 15.4. The number of thiazole rings is 1. The highest BCUT2D eigenvalue weighted by Gasteiger charge is 2.31. The lowest BCUT2D eigenvalue weighted by Gasteiger charge is -2.09. The number of hydrazine groups is 1. The van der Waals surface area contributed by atoms with Crippen molar-refractivity contribution in [3.63, 3.8) is 0 Å². The van der Waals surface area contributed by atoms with E-state index in [0.717, 1.165) is 24.1 Å². The number of carbonyl (C=O) groups is 2. The molecule has 3 N–H and O–H groups in total. The first-order valence-electron chi connectivity index (χ1n) is 8.10. The Morgan fingerprint density at radius 3 is 2.83 bits per heavy atom. The highest BCUT2D eigenvalue weighted by molar-refractivity contribution is 7.17. The van der Waals surface area contributed by atoms with Crippen LogP contribution >= 0.6 is 11.3 Å². The number of aryl methyl sites for hydroxylation is 1. The number of carbonyl (C=O) groups excluding carboxylic acids is 2. The molecule has 1 fully saturated rings. The summed E-state index contributed by atoms with van der Waals surface area (Å²) in [6.45, 7) is 0. The van der Waals surface area contributed by atoms with Crippen molar-refractivity contribution in [1.29, 1.82) is 0 Å². The maximum absolute atomic E-state index is 12.5. The maximum atomic E-state index is 12.5. The summed E-state index contributed by atoms with van der Waals surface area (Å²) < 4.78 is 0. The quantitative estimate of drug-likeness (QED) is 0.796. The first-order chi connectivity index (χ1) is 11.7. The van der Waals surface area contributed by atoms with Crippen molar-refractivity contribution in [3.8, 4) is 0 Å². The second-order valence-corrected chi connectivity index (χ2v) is 7.10. The van der Waals surface area contributed by atoms with Crippen molar-refractivity contribution in [1.82, 2.24) is 15.8 Å². The molecule has 7 heteroatoms. The van der Waals surface area contributed by atoms with E-state index in [0.29, 0.717) is 22.9 Å². The van der Waals surface area contributed by atoms with Gasteiger partial charge in [0.1, 0.15) is 6.04 Å². The molecular weight excluding hydrogens is 324 g/mol. The number of anilines is 1. The zero-order valence-corrected chi connectivity index (χ0v) is 13.9. The van der Waals surface area contributed by atoms with E-state index in [1.165, 1.54) is 11.3 Å². The molecule has 0 bridgehead atoms. The van der Waals surface area contributed by atoms with E-state index >= 15 is 0 Å². The Morgan fingerprint density at radius 2 is 2.04 bits per heavy atom. The Hall–Kier alpha value is -2.09. The molecule has 1 aromatic heterocycles. The van der Waals surface area contributed by atoms with Crippen LogP contribution in [-0.4, -0.2) is 22.7 Å². The molecule has 2 atom stereocenters. The molecule has 1 amide bonds. The Bertz CT molecular complexity index is 774. The molecule has 124 valence electrons. The standard InChI is InChI=1S/C17H18N4O2S/c22-14-8-4-7-11-15(14)24-17(18-11)19-16(23)13-9-12(20-21-13)10-5-2-1-3-6-10/h1-3,5-6,12-13,20-21H,4,7-9H2,(H,18,19,23). The van der Waals surface area contributed by atoms with Gasteiger partial charge < -0.3 is 5.32 Å². The zero-order chi connectivity index (χ0) is 16.5. The second kappa shape index (κ2) is 6.43. The predicted octanol–water partition coefficient (Wildman–Crippen LogP) is 2.21. The minimum absolute atomic E-state index is 0.105. The Morgan fingerprint density at radius 1 is 1.21 bits per heavy atom. The summed E-state index contributed by atoms with van der Waals surface area (Å²) in [4.78, 5) is 29.4. The number of amides is 1. The molecule has 1 aliphatic carbocycles. The fraction of sp³-hybridized carbons (Fsp3) is 0.353. The topological polar surface area (TPSA) is 83.1 Å². The highest BCUT2D eigenvalue weighted by atomic mass is 32.1. The predicted molar refractivity (Wildman–Crippen MR) is 91.9 cm³/mol. The molecule has 6 nitrogen and oxygen atoms in total. The number of nitrogens with one attached hydrogen (secondary N) is 3. The Kier molecular flexibility index (Phi) is 4.13. The fourth-order valence-electron chi connectivity index (χ4n) is 3.15. The number of hydrogen-bond donors (Lipinski definition) is 3. The molecule has 0 radical (unpaired) electrons. The van der Waals surface area contributed by atoms with Gasteiger partial charge in [-0.2, -0.15) is 0 Å². The summed E-state index contributed by atoms with van der Waals surface area (Å²) in [6, 6.07) is 9.81. The van der Waals surface area contributed by atoms with Crippen molar-refractivity contribution in [3.05, 3.63) is 46.5 Å². The normalized spacial score (nSPS) is 23.1. The van der Waals surface area contributed by atoms with Crippen LogP contribution in [0.5, 0.6) is 0 Å². The lowest BCUT2D eigenvalue weighted by Crippen LogP contribution is -2.39. The van der Waals surface area contributed by atoms with E-state index in [1.54, 1.807) is 0 Å². The van der Waals surface area contributed by atoms with Crippen LogP contribution in [0.15, 0.2) is 30.3 Å². The van der Waals surface area contributed by atoms with Crippen molar-refractivity contribution in [2.24, 2.45) is 0 Å². The average Bonchev–Trinajstić information content (AvgIpc) is 3.23. The van der Waals surface area contributed by atoms with Crippen LogP contribution in [0.3, 0.4) is 0 Å². The molecule has 2 aromatic rings. The third-order valence-corrected chi connectivity index (χ3v) is 5.47. The number of nitrogens with zero attached hydrogens (tertiary/aromatic N) is 1. The zero-order valence-electron chi connectivity index (χ0n) is 13.0. The molecular formula is C17H18N4O2S. The molecule has 0 saturated carbocycles. The van der Waals surface area contributed by atoms with E-state index in [2.05, 4.69) is 21.2 Å². The minimum atomic E-state index is -0.327. The molecule has 1 aromatic carbocycles. The molecule has 2 aliphatic rings. The monoisotopic (exact) mass is 342 g/mol. The van der Waals surface area contributed by atoms with Crippen molar-refractivity contribution in [2.45, 2.75) is 37.8 Å². The number of rotatable bonds is 3. The van der Waals surface area contributed by atoms with Crippen LogP contribution in [-0.2, 0) is 11.2 Å². The van der Waals surface area contributed by atoms with Gasteiger partial charge in [0.15, 0.2) is 10.9 Å². The lowest BCUT2D eigenvalue weighted by atomic mass is 10.0. The Balaban J connectivity index is 1.41. The van der Waals surface area contributed by atoms with Gasteiger partial charge in [-0.3, -0.25) is 9.59 Å². The van der Waals surface area contributed by atoms with Crippen LogP contribution in [0, 0.1) is 0 Å². The molecule has 1 aliphatic heterocycles. The fourth-order valence-corrected chi connectivity index (χ4v) is 4.13. The van der Waals surface area contributed by atoms with E-state index < -0.39 is 0 Å². The van der Waals surface area contributed by atoms with Crippen LogP contribution < -0.4 is 16.2 Å². The summed E-state index contributed by atoms with van der Waals surface area (Å²) in [6.07, 6.45) is 2.90. The van der Waals surface area contributed by atoms with Crippen LogP contribution in [0.25, 0.3) is 0 Å². The molecule has 24 heavy (non-hydrogen) atoms. The summed E-state index contributed by atoms with van der Waals surface area (Å²) in [5.74, 6) is 0.0125. The number of aromatic nitrogens is 1. The van der Waals surface area contributed by atoms with E-state index in [-0.39, 0.29) is 23.8 Å². The molecule has 1 saturated heterocycles. The largest absolute Gasteiger partial charge is 0.301 e. The number of hydrogen-bond acceptors (Lipinski definition) is 6. The number of fused-ring (bicyclic) bond motifs is 1. The molecule has 4 rings (SSSR count). The number of ketones is 1. The second-order valence-electron chi connectivity index (χ2n) is 6.10. The summed E-state index contributed by atoms with van der Waals surface area (Å²) in [7, 11) is 0. The van der Waals surface area contributed by atoms with Gasteiger partial charge in [-0.15, -0.1) is 0 Å². The molecule has 2 unspecified atom stereocenters. The van der Waals surface area contributed by atoms with E-state index in [9.17, 15) is 9.59 Å². The maximum Gasteiger partial charge on any atom is 0.244 e. The van der Waals surface area contributed by atoms with Gasteiger partial charge in [-0.1, -0.05) is 41.7 Å². The summed E-state index contributed by atoms with van der Waals surface area (Å²) in [5.41, 5.74) is 8.18.